The Morgan fingerprint density at radius 3 is 2.45 bits per heavy atom. The molecule has 2 N–H and O–H groups in total. The van der Waals surface area contributed by atoms with Crippen LogP contribution in [0.5, 0.6) is 0 Å². The van der Waals surface area contributed by atoms with Crippen LogP contribution in [0.15, 0.2) is 4.99 Å². The zero-order valence-corrected chi connectivity index (χ0v) is 15.6. The van der Waals surface area contributed by atoms with E-state index in [4.69, 9.17) is 4.74 Å². The van der Waals surface area contributed by atoms with E-state index in [0.29, 0.717) is 12.1 Å². The molecule has 20 heavy (non-hydrogen) atoms. The van der Waals surface area contributed by atoms with E-state index in [0.717, 1.165) is 25.5 Å². The molecule has 0 aliphatic heterocycles. The third kappa shape index (κ3) is 9.00. The molecule has 0 spiro atoms. The second-order valence-electron chi connectivity index (χ2n) is 5.44. The first kappa shape index (κ1) is 20.0. The molecule has 1 unspecified atom stereocenters. The number of hydrogen-bond donors (Lipinski definition) is 2. The van der Waals surface area contributed by atoms with Crippen LogP contribution >= 0.6 is 24.0 Å². The highest BCUT2D eigenvalue weighted by Gasteiger charge is 2.12. The Morgan fingerprint density at radius 2 is 1.90 bits per heavy atom. The lowest BCUT2D eigenvalue weighted by Gasteiger charge is -2.18. The number of hydrogen-bond acceptors (Lipinski definition) is 2. The van der Waals surface area contributed by atoms with Gasteiger partial charge in [-0.05, 0) is 26.2 Å². The van der Waals surface area contributed by atoms with E-state index in [1.807, 2.05) is 7.05 Å². The van der Waals surface area contributed by atoms with Gasteiger partial charge in [0.15, 0.2) is 5.96 Å². The maximum atomic E-state index is 5.94. The van der Waals surface area contributed by atoms with Crippen LogP contribution in [0.3, 0.4) is 0 Å². The van der Waals surface area contributed by atoms with Crippen molar-refractivity contribution in [1.29, 1.82) is 0 Å². The van der Waals surface area contributed by atoms with Crippen molar-refractivity contribution in [2.75, 3.05) is 20.2 Å². The van der Waals surface area contributed by atoms with Crippen molar-refractivity contribution in [3.8, 4) is 0 Å². The van der Waals surface area contributed by atoms with E-state index >= 15 is 0 Å². The summed E-state index contributed by atoms with van der Waals surface area (Å²) < 4.78 is 5.94. The summed E-state index contributed by atoms with van der Waals surface area (Å²) in [5.74, 6) is 0.874. The second-order valence-corrected chi connectivity index (χ2v) is 5.44. The van der Waals surface area contributed by atoms with Crippen LogP contribution < -0.4 is 10.6 Å². The van der Waals surface area contributed by atoms with Gasteiger partial charge in [0.05, 0.1) is 12.7 Å². The van der Waals surface area contributed by atoms with Crippen LogP contribution in [0.2, 0.25) is 0 Å². The third-order valence-corrected chi connectivity index (χ3v) is 3.77. The fourth-order valence-electron chi connectivity index (χ4n) is 2.33. The molecular weight excluding hydrogens is 365 g/mol. The summed E-state index contributed by atoms with van der Waals surface area (Å²) in [6, 6.07) is 0.453. The second kappa shape index (κ2) is 12.7. The van der Waals surface area contributed by atoms with Crippen molar-refractivity contribution < 1.29 is 4.74 Å². The van der Waals surface area contributed by atoms with E-state index in [9.17, 15) is 0 Å². The zero-order chi connectivity index (χ0) is 13.9. The summed E-state index contributed by atoms with van der Waals surface area (Å²) >= 11 is 0. The summed E-state index contributed by atoms with van der Waals surface area (Å²) in [7, 11) is 1.81. The Hall–Kier alpha value is -0.0400. The Morgan fingerprint density at radius 1 is 1.25 bits per heavy atom. The number of halogens is 1. The van der Waals surface area contributed by atoms with Gasteiger partial charge < -0.3 is 15.4 Å². The summed E-state index contributed by atoms with van der Waals surface area (Å²) in [4.78, 5) is 4.21. The van der Waals surface area contributed by atoms with Gasteiger partial charge in [-0.3, -0.25) is 4.99 Å². The lowest BCUT2D eigenvalue weighted by Crippen LogP contribution is -2.43. The SMILES string of the molecule is CCC(C)NC(=NC)NCCOC1CCCCCC1.I. The van der Waals surface area contributed by atoms with Gasteiger partial charge in [-0.15, -0.1) is 24.0 Å². The van der Waals surface area contributed by atoms with Crippen molar-refractivity contribution >= 4 is 29.9 Å². The minimum absolute atomic E-state index is 0. The van der Waals surface area contributed by atoms with Crippen LogP contribution in [0, 0.1) is 0 Å². The molecular formula is C15H32IN3O. The number of rotatable bonds is 6. The molecule has 5 heteroatoms. The fraction of sp³-hybridized carbons (Fsp3) is 0.933. The van der Waals surface area contributed by atoms with Gasteiger partial charge in [0, 0.05) is 19.6 Å². The molecule has 0 amide bonds. The third-order valence-electron chi connectivity index (χ3n) is 3.77. The molecule has 1 atom stereocenters. The first-order chi connectivity index (χ1) is 9.26. The maximum Gasteiger partial charge on any atom is 0.191 e. The van der Waals surface area contributed by atoms with Crippen molar-refractivity contribution in [2.24, 2.45) is 4.99 Å². The molecule has 120 valence electrons. The van der Waals surface area contributed by atoms with Gasteiger partial charge in [-0.2, -0.15) is 0 Å². The Kier molecular flexibility index (Phi) is 12.7. The molecule has 1 rings (SSSR count). The predicted octanol–water partition coefficient (Wildman–Crippen LogP) is 3.31. The number of nitrogens with zero attached hydrogens (tertiary/aromatic N) is 1. The molecule has 1 saturated carbocycles. The van der Waals surface area contributed by atoms with E-state index in [1.54, 1.807) is 0 Å². The quantitative estimate of drug-likeness (QED) is 0.238. The first-order valence-electron chi connectivity index (χ1n) is 7.85. The lowest BCUT2D eigenvalue weighted by molar-refractivity contribution is 0.0468. The predicted molar refractivity (Wildman–Crippen MR) is 97.1 cm³/mol. The molecule has 1 aliphatic rings. The van der Waals surface area contributed by atoms with Crippen LogP contribution in [0.1, 0.15) is 58.8 Å². The first-order valence-corrected chi connectivity index (χ1v) is 7.85. The molecule has 0 aromatic carbocycles. The molecule has 0 heterocycles. The molecule has 4 nitrogen and oxygen atoms in total. The summed E-state index contributed by atoms with van der Waals surface area (Å²) in [5.41, 5.74) is 0. The monoisotopic (exact) mass is 397 g/mol. The van der Waals surface area contributed by atoms with Crippen LogP contribution in [0.25, 0.3) is 0 Å². The minimum Gasteiger partial charge on any atom is -0.376 e. The lowest BCUT2D eigenvalue weighted by atomic mass is 10.1. The van der Waals surface area contributed by atoms with E-state index in [-0.39, 0.29) is 24.0 Å². The highest BCUT2D eigenvalue weighted by atomic mass is 127. The van der Waals surface area contributed by atoms with Crippen LogP contribution in [-0.4, -0.2) is 38.3 Å². The number of nitrogens with one attached hydrogen (secondary N) is 2. The van der Waals surface area contributed by atoms with Gasteiger partial charge >= 0.3 is 0 Å². The number of guanidine groups is 1. The standard InChI is InChI=1S/C15H31N3O.HI/c1-4-13(2)18-15(16-3)17-11-12-19-14-9-7-5-6-8-10-14;/h13-14H,4-12H2,1-3H3,(H2,16,17,18);1H. The summed E-state index contributed by atoms with van der Waals surface area (Å²) in [6.45, 7) is 5.92. The molecule has 1 fully saturated rings. The Bertz CT molecular complexity index is 254. The molecule has 0 saturated heterocycles. The van der Waals surface area contributed by atoms with Gasteiger partial charge in [-0.1, -0.05) is 32.6 Å². The van der Waals surface area contributed by atoms with Gasteiger partial charge in [0.1, 0.15) is 0 Å². The minimum atomic E-state index is 0. The maximum absolute atomic E-state index is 5.94. The smallest absolute Gasteiger partial charge is 0.191 e. The molecule has 0 aromatic rings. The van der Waals surface area contributed by atoms with E-state index < -0.39 is 0 Å². The van der Waals surface area contributed by atoms with Gasteiger partial charge in [0.25, 0.3) is 0 Å². The van der Waals surface area contributed by atoms with Gasteiger partial charge in [-0.25, -0.2) is 0 Å². The number of aliphatic imine (C=N–C) groups is 1. The van der Waals surface area contributed by atoms with Crippen molar-refractivity contribution in [2.45, 2.75) is 70.9 Å². The average Bonchev–Trinajstić information content (AvgIpc) is 2.70. The molecule has 1 aliphatic carbocycles. The van der Waals surface area contributed by atoms with E-state index in [2.05, 4.69) is 29.5 Å². The molecule has 0 aromatic heterocycles. The van der Waals surface area contributed by atoms with Crippen molar-refractivity contribution in [1.82, 2.24) is 10.6 Å². The normalized spacial score (nSPS) is 18.9. The summed E-state index contributed by atoms with van der Waals surface area (Å²) in [5, 5.41) is 6.65. The Balaban J connectivity index is 0.00000361. The fourth-order valence-corrected chi connectivity index (χ4v) is 2.33. The van der Waals surface area contributed by atoms with Crippen molar-refractivity contribution in [3.63, 3.8) is 0 Å². The summed E-state index contributed by atoms with van der Waals surface area (Å²) in [6.07, 6.45) is 9.46. The van der Waals surface area contributed by atoms with E-state index in [1.165, 1.54) is 38.5 Å². The topological polar surface area (TPSA) is 45.7 Å². The molecule has 0 radical (unpaired) electrons. The Labute approximate surface area is 141 Å². The highest BCUT2D eigenvalue weighted by Crippen LogP contribution is 2.19. The number of ether oxygens (including phenoxy) is 1. The van der Waals surface area contributed by atoms with Crippen LogP contribution in [-0.2, 0) is 4.74 Å². The average molecular weight is 397 g/mol. The largest absolute Gasteiger partial charge is 0.376 e. The molecule has 0 bridgehead atoms. The van der Waals surface area contributed by atoms with Crippen LogP contribution in [0.4, 0.5) is 0 Å². The zero-order valence-electron chi connectivity index (χ0n) is 13.3. The van der Waals surface area contributed by atoms with Crippen molar-refractivity contribution in [3.05, 3.63) is 0 Å². The highest BCUT2D eigenvalue weighted by molar-refractivity contribution is 14.0. The van der Waals surface area contributed by atoms with Gasteiger partial charge in [0.2, 0.25) is 0 Å².